The lowest BCUT2D eigenvalue weighted by molar-refractivity contribution is -0.191. The van der Waals surface area contributed by atoms with Crippen LogP contribution >= 0.6 is 0 Å². The molecule has 1 aliphatic rings. The van der Waals surface area contributed by atoms with Crippen molar-refractivity contribution in [2.45, 2.75) is 32.4 Å². The van der Waals surface area contributed by atoms with E-state index in [4.69, 9.17) is 14.6 Å². The number of hydrogen-bond acceptors (Lipinski definition) is 4. The van der Waals surface area contributed by atoms with E-state index >= 15 is 0 Å². The van der Waals surface area contributed by atoms with Gasteiger partial charge in [-0.25, -0.2) is 0 Å². The predicted molar refractivity (Wildman–Crippen MR) is 53.9 cm³/mol. The summed E-state index contributed by atoms with van der Waals surface area (Å²) in [6.45, 7) is 4.15. The molecule has 4 nitrogen and oxygen atoms in total. The highest BCUT2D eigenvalue weighted by Gasteiger charge is 2.14. The van der Waals surface area contributed by atoms with Gasteiger partial charge in [0.2, 0.25) is 0 Å². The van der Waals surface area contributed by atoms with Gasteiger partial charge in [-0.1, -0.05) is 13.2 Å². The van der Waals surface area contributed by atoms with E-state index in [9.17, 15) is 0 Å². The molecule has 1 heterocycles. The van der Waals surface area contributed by atoms with Gasteiger partial charge in [0.25, 0.3) is 6.92 Å². The first kappa shape index (κ1) is 13.4. The van der Waals surface area contributed by atoms with Gasteiger partial charge >= 0.3 is 6.15 Å². The Bertz CT molecular complexity index is 163. The standard InChI is InChI=1S/C8H18BNO.CO2/c1-9(11)5-2-3-8-4-6-10-7-8;2-1-3/h8,10-11H,2-7H2,1H3;. The second-order valence-corrected chi connectivity index (χ2v) is 3.72. The average molecular weight is 199 g/mol. The molecule has 0 bridgehead atoms. The van der Waals surface area contributed by atoms with Gasteiger partial charge in [-0.15, -0.1) is 0 Å². The zero-order valence-corrected chi connectivity index (χ0v) is 8.66. The Morgan fingerprint density at radius 3 is 2.64 bits per heavy atom. The molecule has 1 unspecified atom stereocenters. The van der Waals surface area contributed by atoms with E-state index in [2.05, 4.69) is 5.32 Å². The molecule has 2 N–H and O–H groups in total. The van der Waals surface area contributed by atoms with E-state index in [0.29, 0.717) is 0 Å². The van der Waals surface area contributed by atoms with Crippen LogP contribution in [0.25, 0.3) is 0 Å². The minimum Gasteiger partial charge on any atom is -0.451 e. The van der Waals surface area contributed by atoms with Gasteiger partial charge in [-0.2, -0.15) is 9.59 Å². The van der Waals surface area contributed by atoms with Gasteiger partial charge < -0.3 is 10.3 Å². The van der Waals surface area contributed by atoms with E-state index in [-0.39, 0.29) is 13.1 Å². The fraction of sp³-hybridized carbons (Fsp3) is 0.889. The molecule has 0 spiro atoms. The summed E-state index contributed by atoms with van der Waals surface area (Å²) in [6, 6.07) is 0. The Balaban J connectivity index is 0.000000500. The molecule has 0 aliphatic carbocycles. The third kappa shape index (κ3) is 7.99. The fourth-order valence-corrected chi connectivity index (χ4v) is 1.66. The van der Waals surface area contributed by atoms with E-state index in [0.717, 1.165) is 12.2 Å². The Labute approximate surface area is 85.2 Å². The summed E-state index contributed by atoms with van der Waals surface area (Å²) in [5, 5.41) is 12.4. The lowest BCUT2D eigenvalue weighted by Crippen LogP contribution is -2.10. The predicted octanol–water partition coefficient (Wildman–Crippen LogP) is 0.406. The number of rotatable bonds is 4. The van der Waals surface area contributed by atoms with Gasteiger partial charge in [0, 0.05) is 0 Å². The largest absolute Gasteiger partial charge is 0.451 e. The zero-order chi connectivity index (χ0) is 10.8. The van der Waals surface area contributed by atoms with Crippen LogP contribution in [-0.4, -0.2) is 31.2 Å². The molecule has 0 saturated carbocycles. The van der Waals surface area contributed by atoms with Crippen LogP contribution in [0.4, 0.5) is 0 Å². The molecule has 0 amide bonds. The summed E-state index contributed by atoms with van der Waals surface area (Å²) >= 11 is 0. The molecule has 1 atom stereocenters. The van der Waals surface area contributed by atoms with Crippen molar-refractivity contribution in [1.82, 2.24) is 5.32 Å². The molecule has 1 rings (SSSR count). The first-order valence-electron chi connectivity index (χ1n) is 5.08. The van der Waals surface area contributed by atoms with E-state index in [1.54, 1.807) is 0 Å². The van der Waals surface area contributed by atoms with Crippen LogP contribution in [0.2, 0.25) is 13.1 Å². The van der Waals surface area contributed by atoms with Gasteiger partial charge in [-0.3, -0.25) is 0 Å². The van der Waals surface area contributed by atoms with Crippen molar-refractivity contribution in [3.05, 3.63) is 0 Å². The van der Waals surface area contributed by atoms with Gasteiger partial charge in [0.15, 0.2) is 0 Å². The maximum Gasteiger partial charge on any atom is 0.373 e. The Hall–Kier alpha value is -0.635. The molecular weight excluding hydrogens is 181 g/mol. The maximum absolute atomic E-state index is 9.01. The van der Waals surface area contributed by atoms with E-state index in [1.807, 2.05) is 6.82 Å². The average Bonchev–Trinajstić information content (AvgIpc) is 2.57. The topological polar surface area (TPSA) is 66.4 Å². The molecule has 0 radical (unpaired) electrons. The first-order chi connectivity index (χ1) is 6.70. The van der Waals surface area contributed by atoms with Crippen molar-refractivity contribution in [3.8, 4) is 0 Å². The van der Waals surface area contributed by atoms with Crippen molar-refractivity contribution in [2.75, 3.05) is 13.1 Å². The zero-order valence-electron chi connectivity index (χ0n) is 8.66. The third-order valence-corrected chi connectivity index (χ3v) is 2.40. The second-order valence-electron chi connectivity index (χ2n) is 3.72. The minimum atomic E-state index is -0.107. The van der Waals surface area contributed by atoms with Crippen LogP contribution in [-0.2, 0) is 9.59 Å². The van der Waals surface area contributed by atoms with E-state index < -0.39 is 0 Å². The minimum absolute atomic E-state index is 0.107. The Kier molecular flexibility index (Phi) is 8.54. The molecule has 14 heavy (non-hydrogen) atoms. The van der Waals surface area contributed by atoms with Crippen molar-refractivity contribution in [3.63, 3.8) is 0 Å². The molecule has 1 aliphatic heterocycles. The summed E-state index contributed by atoms with van der Waals surface area (Å²) in [4.78, 5) is 16.2. The van der Waals surface area contributed by atoms with Crippen LogP contribution < -0.4 is 5.32 Å². The normalized spacial score (nSPS) is 19.4. The van der Waals surface area contributed by atoms with Crippen molar-refractivity contribution in [2.24, 2.45) is 5.92 Å². The third-order valence-electron chi connectivity index (χ3n) is 2.40. The molecule has 0 aromatic heterocycles. The van der Waals surface area contributed by atoms with E-state index in [1.165, 1.54) is 32.4 Å². The van der Waals surface area contributed by atoms with Crippen LogP contribution in [0, 0.1) is 5.92 Å². The van der Waals surface area contributed by atoms with Crippen LogP contribution in [0.15, 0.2) is 0 Å². The van der Waals surface area contributed by atoms with Gasteiger partial charge in [-0.05, 0) is 38.2 Å². The molecule has 5 heteroatoms. The van der Waals surface area contributed by atoms with Crippen LogP contribution in [0.5, 0.6) is 0 Å². The Morgan fingerprint density at radius 1 is 1.57 bits per heavy atom. The molecule has 80 valence electrons. The summed E-state index contributed by atoms with van der Waals surface area (Å²) < 4.78 is 0. The molecule has 0 aromatic rings. The second kappa shape index (κ2) is 8.94. The highest BCUT2D eigenvalue weighted by atomic mass is 16.2. The van der Waals surface area contributed by atoms with Gasteiger partial charge in [0.05, 0.1) is 0 Å². The van der Waals surface area contributed by atoms with Crippen molar-refractivity contribution >= 4 is 13.1 Å². The van der Waals surface area contributed by atoms with Crippen LogP contribution in [0.3, 0.4) is 0 Å². The molecule has 0 aromatic carbocycles. The number of carbonyl (C=O) groups excluding carboxylic acids is 2. The highest BCUT2D eigenvalue weighted by Crippen LogP contribution is 2.15. The van der Waals surface area contributed by atoms with Crippen LogP contribution in [0.1, 0.15) is 19.3 Å². The fourth-order valence-electron chi connectivity index (χ4n) is 1.66. The number of nitrogens with one attached hydrogen (secondary N) is 1. The maximum atomic E-state index is 9.01. The van der Waals surface area contributed by atoms with Crippen molar-refractivity contribution in [1.29, 1.82) is 0 Å². The van der Waals surface area contributed by atoms with Gasteiger partial charge in [0.1, 0.15) is 0 Å². The molecule has 1 saturated heterocycles. The molecular formula is C9H18BNO3. The lowest BCUT2D eigenvalue weighted by Gasteiger charge is -2.06. The van der Waals surface area contributed by atoms with Crippen molar-refractivity contribution < 1.29 is 14.6 Å². The summed E-state index contributed by atoms with van der Waals surface area (Å²) in [7, 11) is 0. The first-order valence-corrected chi connectivity index (χ1v) is 5.08. The SMILES string of the molecule is CB(O)CCCC1CCNC1.O=C=O. The summed E-state index contributed by atoms with van der Waals surface area (Å²) in [6.07, 6.45) is 5.03. The quantitative estimate of drug-likeness (QED) is 0.643. The summed E-state index contributed by atoms with van der Waals surface area (Å²) in [5.41, 5.74) is 0. The molecule has 1 fully saturated rings. The summed E-state index contributed by atoms with van der Waals surface area (Å²) in [5.74, 6) is 0.883. The highest BCUT2D eigenvalue weighted by molar-refractivity contribution is 6.48. The lowest BCUT2D eigenvalue weighted by atomic mass is 9.66. The Morgan fingerprint density at radius 2 is 2.21 bits per heavy atom. The monoisotopic (exact) mass is 199 g/mol. The smallest absolute Gasteiger partial charge is 0.373 e. The number of hydrogen-bond donors (Lipinski definition) is 2.